The summed E-state index contributed by atoms with van der Waals surface area (Å²) in [6, 6.07) is 0. The van der Waals surface area contributed by atoms with Gasteiger partial charge in [0, 0.05) is 17.1 Å². The van der Waals surface area contributed by atoms with E-state index in [1.54, 1.807) is 0 Å². The van der Waals surface area contributed by atoms with Crippen LogP contribution in [0.2, 0.25) is 0 Å². The van der Waals surface area contributed by atoms with Crippen LogP contribution in [0.5, 0.6) is 0 Å². The molecule has 0 aliphatic rings. The molecule has 4 heteroatoms. The van der Waals surface area contributed by atoms with E-state index >= 15 is 0 Å². The van der Waals surface area contributed by atoms with Gasteiger partial charge in [0.1, 0.15) is 0 Å². The van der Waals surface area contributed by atoms with Crippen molar-refractivity contribution in [3.8, 4) is 0 Å². The van der Waals surface area contributed by atoms with E-state index in [0.29, 0.717) is 0 Å². The van der Waals surface area contributed by atoms with Crippen LogP contribution >= 0.6 is 23.3 Å². The molecule has 0 spiro atoms. The summed E-state index contributed by atoms with van der Waals surface area (Å²) in [5.41, 5.74) is 0. The van der Waals surface area contributed by atoms with Crippen molar-refractivity contribution in [1.29, 1.82) is 0 Å². The second-order valence-corrected chi connectivity index (χ2v) is 0. The minimum absolute atomic E-state index is 0. The molecule has 0 fully saturated rings. The molecule has 0 heterocycles. The fourth-order valence-electron chi connectivity index (χ4n) is 0. The molecule has 0 atom stereocenters. The fraction of sp³-hybridized carbons (Fsp3) is 0. The van der Waals surface area contributed by atoms with Gasteiger partial charge in [0.2, 0.25) is 0 Å². The molecule has 0 aromatic rings. The summed E-state index contributed by atoms with van der Waals surface area (Å²) in [5.74, 6) is 0. The molecule has 0 saturated heterocycles. The van der Waals surface area contributed by atoms with Crippen molar-refractivity contribution in [3.63, 3.8) is 0 Å². The third-order valence-electron chi connectivity index (χ3n) is 0. The van der Waals surface area contributed by atoms with Crippen molar-refractivity contribution in [2.45, 2.75) is 0 Å². The maximum absolute atomic E-state index is 3.22. The first-order valence-electron chi connectivity index (χ1n) is 0.200. The molecule has 0 rings (SSSR count). The predicted molar refractivity (Wildman–Crippen MR) is 25.1 cm³/mol. The Morgan fingerprint density at radius 2 is 1.00 bits per heavy atom. The van der Waals surface area contributed by atoms with Gasteiger partial charge in [-0.2, -0.15) is 0 Å². The maximum atomic E-state index is 3.22. The average molecular weight is 130 g/mol. The Morgan fingerprint density at radius 3 is 1.00 bits per heavy atom. The summed E-state index contributed by atoms with van der Waals surface area (Å²) in [6.45, 7) is 0. The first kappa shape index (κ1) is 17.0. The topological polar surface area (TPSA) is 0 Å². The Balaban J connectivity index is -0.00000000500. The van der Waals surface area contributed by atoms with Gasteiger partial charge in [-0.05, 0) is 0 Å². The second kappa shape index (κ2) is 21.3. The molecule has 0 bridgehead atoms. The van der Waals surface area contributed by atoms with E-state index in [1.807, 2.05) is 0 Å². The number of rotatable bonds is 0. The van der Waals surface area contributed by atoms with E-state index in [0.717, 1.165) is 0 Å². The average Bonchev–Trinajstić information content (AvgIpc) is 1.00. The van der Waals surface area contributed by atoms with Gasteiger partial charge in [-0.25, -0.2) is 0 Å². The third kappa shape index (κ3) is 9.17. The molecule has 0 aromatic heterocycles. The van der Waals surface area contributed by atoms with Gasteiger partial charge >= 0.3 is 18.9 Å². The number of thiol groups is 2. The quantitative estimate of drug-likeness (QED) is 0.259. The van der Waals surface area contributed by atoms with Crippen molar-refractivity contribution >= 4 is 42.2 Å². The van der Waals surface area contributed by atoms with Gasteiger partial charge in [0.25, 0.3) is 0 Å². The van der Waals surface area contributed by atoms with Crippen molar-refractivity contribution in [3.05, 3.63) is 0 Å². The molecule has 0 aliphatic carbocycles. The molecule has 0 radical (unpaired) electrons. The molecule has 0 N–H and O–H groups in total. The molecule has 0 saturated carbocycles. The molecule has 0 unspecified atom stereocenters. The van der Waals surface area contributed by atoms with Gasteiger partial charge in [-0.1, -0.05) is 0 Å². The molecule has 0 aliphatic heterocycles. The zero-order chi connectivity index (χ0) is 2.00. The second-order valence-electron chi connectivity index (χ2n) is 0. The zero-order valence-corrected chi connectivity index (χ0v) is 4.14. The van der Waals surface area contributed by atoms with Crippen LogP contribution < -0.4 is 0 Å². The Hall–Kier alpha value is 1.82. The van der Waals surface area contributed by atoms with E-state index in [9.17, 15) is 0 Å². The monoisotopic (exact) mass is 130 g/mol. The van der Waals surface area contributed by atoms with Gasteiger partial charge in [0.05, 0.1) is 0 Å². The van der Waals surface area contributed by atoms with Crippen LogP contribution in [-0.2, 0) is 17.1 Å². The van der Waals surface area contributed by atoms with E-state index in [2.05, 4.69) is 23.3 Å². The molecular weight excluding hydrogens is 127 g/mol. The van der Waals surface area contributed by atoms with Crippen LogP contribution in [0.3, 0.4) is 0 Å². The van der Waals surface area contributed by atoms with Gasteiger partial charge in [-0.15, -0.1) is 23.3 Å². The van der Waals surface area contributed by atoms with E-state index in [-0.39, 0.29) is 35.9 Å². The van der Waals surface area contributed by atoms with Crippen LogP contribution in [0.25, 0.3) is 0 Å². The Bertz CT molecular complexity index is 6.00. The van der Waals surface area contributed by atoms with E-state index in [4.69, 9.17) is 0 Å². The van der Waals surface area contributed by atoms with E-state index < -0.39 is 0 Å². The summed E-state index contributed by atoms with van der Waals surface area (Å²) in [6.07, 6.45) is 0. The van der Waals surface area contributed by atoms with Crippen LogP contribution in [0.4, 0.5) is 0 Å². The van der Waals surface area contributed by atoms with Gasteiger partial charge in [0.15, 0.2) is 0 Å². The van der Waals surface area contributed by atoms with Crippen LogP contribution in [-0.4, -0.2) is 18.9 Å². The van der Waals surface area contributed by atoms with Crippen molar-refractivity contribution in [1.82, 2.24) is 0 Å². The first-order chi connectivity index (χ1) is 1.00. The van der Waals surface area contributed by atoms with Gasteiger partial charge < -0.3 is 0 Å². The Morgan fingerprint density at radius 1 is 1.00 bits per heavy atom. The van der Waals surface area contributed by atoms with Crippen molar-refractivity contribution in [2.75, 3.05) is 0 Å². The summed E-state index contributed by atoms with van der Waals surface area (Å²) in [4.78, 5) is 0. The Kier molecular flexibility index (Phi) is 90.4. The van der Waals surface area contributed by atoms with E-state index in [1.165, 1.54) is 0 Å². The predicted octanol–water partition coefficient (Wildman–Crippen LogP) is 0.110. The van der Waals surface area contributed by atoms with Crippen LogP contribution in [0.1, 0.15) is 0 Å². The molecule has 0 amide bonds. The van der Waals surface area contributed by atoms with Gasteiger partial charge in [-0.3, -0.25) is 0 Å². The molecule has 0 nitrogen and oxygen atoms in total. The number of hydrogen-bond acceptors (Lipinski definition) is 2. The minimum atomic E-state index is 0. The summed E-state index contributed by atoms with van der Waals surface area (Å²) in [7, 11) is 0. The van der Waals surface area contributed by atoms with Crippen molar-refractivity contribution < 1.29 is 17.1 Å². The normalized spacial score (nSPS) is 1.50. The molecule has 24 valence electrons. The molecule has 0 aromatic carbocycles. The summed E-state index contributed by atoms with van der Waals surface area (Å²) < 4.78 is 0. The van der Waals surface area contributed by atoms with Crippen LogP contribution in [0, 0.1) is 0 Å². The Labute approximate surface area is 59.0 Å². The fourth-order valence-corrected chi connectivity index (χ4v) is 0. The number of hydrogen-bond donors (Lipinski definition) is 2. The standard InChI is InChI=1S/Fe.Li.H2S2.H/c;;1-2;/h;;1-2H;. The zero-order valence-electron chi connectivity index (χ0n) is 1.25. The molecular formula is H3FeLiS2. The SMILES string of the molecule is SS.[Fe].[LiH]. The third-order valence-corrected chi connectivity index (χ3v) is 0. The summed E-state index contributed by atoms with van der Waals surface area (Å²) in [5, 5.41) is 0. The first-order valence-corrected chi connectivity index (χ1v) is 1.80. The molecule has 4 heavy (non-hydrogen) atoms. The summed E-state index contributed by atoms with van der Waals surface area (Å²) >= 11 is 6.44. The van der Waals surface area contributed by atoms with Crippen molar-refractivity contribution in [2.24, 2.45) is 0 Å². The van der Waals surface area contributed by atoms with Crippen LogP contribution in [0.15, 0.2) is 0 Å².